The number of hydrogen-bond donors (Lipinski definition) is 1. The third kappa shape index (κ3) is 2.24. The molecule has 1 N–H and O–H groups in total. The standard InChI is InChI=1S/C13H12N4O/c1-2-13(18-9-1)10-14-11-3-5-12(6-4-11)17-15-7-8-16-17/h1-9,14H,10H2. The van der Waals surface area contributed by atoms with Crippen molar-refractivity contribution in [2.45, 2.75) is 6.54 Å². The lowest BCUT2D eigenvalue weighted by Crippen LogP contribution is -2.00. The minimum Gasteiger partial charge on any atom is -0.467 e. The Morgan fingerprint density at radius 1 is 1.06 bits per heavy atom. The molecule has 90 valence electrons. The zero-order valence-corrected chi connectivity index (χ0v) is 9.65. The van der Waals surface area contributed by atoms with E-state index in [1.165, 1.54) is 0 Å². The van der Waals surface area contributed by atoms with Crippen LogP contribution in [0.25, 0.3) is 5.69 Å². The summed E-state index contributed by atoms with van der Waals surface area (Å²) in [6.45, 7) is 0.673. The Morgan fingerprint density at radius 2 is 1.83 bits per heavy atom. The summed E-state index contributed by atoms with van der Waals surface area (Å²) < 4.78 is 5.25. The maximum atomic E-state index is 5.25. The molecule has 0 aliphatic heterocycles. The highest BCUT2D eigenvalue weighted by atomic mass is 16.3. The SMILES string of the molecule is c1coc(CNc2ccc(-n3nccn3)cc2)c1. The van der Waals surface area contributed by atoms with Gasteiger partial charge >= 0.3 is 0 Å². The van der Waals surface area contributed by atoms with E-state index in [1.807, 2.05) is 36.4 Å². The van der Waals surface area contributed by atoms with Gasteiger partial charge in [-0.3, -0.25) is 0 Å². The summed E-state index contributed by atoms with van der Waals surface area (Å²) >= 11 is 0. The third-order valence-electron chi connectivity index (χ3n) is 2.56. The molecular formula is C13H12N4O. The average molecular weight is 240 g/mol. The van der Waals surface area contributed by atoms with Crippen molar-refractivity contribution in [3.8, 4) is 5.69 Å². The van der Waals surface area contributed by atoms with Gasteiger partial charge in [-0.05, 0) is 36.4 Å². The fraction of sp³-hybridized carbons (Fsp3) is 0.0769. The van der Waals surface area contributed by atoms with Crippen molar-refractivity contribution < 1.29 is 4.42 Å². The molecule has 0 aliphatic rings. The van der Waals surface area contributed by atoms with E-state index in [-0.39, 0.29) is 0 Å². The molecule has 2 aromatic heterocycles. The predicted molar refractivity (Wildman–Crippen MR) is 67.4 cm³/mol. The highest BCUT2D eigenvalue weighted by Crippen LogP contribution is 2.13. The molecule has 2 heterocycles. The van der Waals surface area contributed by atoms with Crippen LogP contribution >= 0.6 is 0 Å². The molecule has 5 heteroatoms. The zero-order chi connectivity index (χ0) is 12.2. The summed E-state index contributed by atoms with van der Waals surface area (Å²) in [7, 11) is 0. The van der Waals surface area contributed by atoms with E-state index in [2.05, 4.69) is 15.5 Å². The van der Waals surface area contributed by atoms with E-state index in [0.717, 1.165) is 17.1 Å². The largest absolute Gasteiger partial charge is 0.467 e. The van der Waals surface area contributed by atoms with Gasteiger partial charge in [0.2, 0.25) is 0 Å². The highest BCUT2D eigenvalue weighted by molar-refractivity contribution is 5.48. The Bertz CT molecular complexity index is 584. The van der Waals surface area contributed by atoms with Crippen molar-refractivity contribution in [2.24, 2.45) is 0 Å². The van der Waals surface area contributed by atoms with Gasteiger partial charge in [0.15, 0.2) is 0 Å². The lowest BCUT2D eigenvalue weighted by atomic mass is 10.3. The van der Waals surface area contributed by atoms with Crippen LogP contribution in [0, 0.1) is 0 Å². The Morgan fingerprint density at radius 3 is 2.50 bits per heavy atom. The van der Waals surface area contributed by atoms with E-state index in [0.29, 0.717) is 6.54 Å². The minimum atomic E-state index is 0.673. The molecule has 0 bridgehead atoms. The Balaban J connectivity index is 1.68. The second kappa shape index (κ2) is 4.75. The van der Waals surface area contributed by atoms with Gasteiger partial charge in [0.05, 0.1) is 30.9 Å². The molecule has 0 saturated carbocycles. The monoisotopic (exact) mass is 240 g/mol. The first-order valence-corrected chi connectivity index (χ1v) is 5.65. The number of benzene rings is 1. The molecule has 0 fully saturated rings. The molecular weight excluding hydrogens is 228 g/mol. The van der Waals surface area contributed by atoms with E-state index < -0.39 is 0 Å². The van der Waals surface area contributed by atoms with Gasteiger partial charge in [-0.15, -0.1) is 0 Å². The first-order chi connectivity index (χ1) is 8.92. The van der Waals surface area contributed by atoms with Crippen molar-refractivity contribution in [3.05, 3.63) is 60.8 Å². The third-order valence-corrected chi connectivity index (χ3v) is 2.56. The van der Waals surface area contributed by atoms with Crippen LogP contribution in [0.4, 0.5) is 5.69 Å². The molecule has 0 atom stereocenters. The summed E-state index contributed by atoms with van der Waals surface area (Å²) in [5.41, 5.74) is 1.96. The molecule has 0 aliphatic carbocycles. The van der Waals surface area contributed by atoms with Gasteiger partial charge in [-0.1, -0.05) is 0 Å². The number of nitrogens with zero attached hydrogens (tertiary/aromatic N) is 3. The van der Waals surface area contributed by atoms with E-state index >= 15 is 0 Å². The summed E-state index contributed by atoms with van der Waals surface area (Å²) in [5, 5.41) is 11.4. The normalized spacial score (nSPS) is 10.4. The summed E-state index contributed by atoms with van der Waals surface area (Å²) in [6, 6.07) is 11.7. The minimum absolute atomic E-state index is 0.673. The van der Waals surface area contributed by atoms with Gasteiger partial charge in [-0.25, -0.2) is 0 Å². The number of furan rings is 1. The van der Waals surface area contributed by atoms with Crippen LogP contribution in [0.3, 0.4) is 0 Å². The number of hydrogen-bond acceptors (Lipinski definition) is 4. The molecule has 1 aromatic carbocycles. The lowest BCUT2D eigenvalue weighted by molar-refractivity contribution is 0.518. The second-order valence-corrected chi connectivity index (χ2v) is 3.80. The highest BCUT2D eigenvalue weighted by Gasteiger charge is 1.99. The van der Waals surface area contributed by atoms with Crippen molar-refractivity contribution in [2.75, 3.05) is 5.32 Å². The molecule has 0 saturated heterocycles. The van der Waals surface area contributed by atoms with E-state index in [4.69, 9.17) is 4.42 Å². The maximum Gasteiger partial charge on any atom is 0.122 e. The van der Waals surface area contributed by atoms with Crippen molar-refractivity contribution in [1.29, 1.82) is 0 Å². The smallest absolute Gasteiger partial charge is 0.122 e. The van der Waals surface area contributed by atoms with Crippen LogP contribution in [-0.4, -0.2) is 15.0 Å². The maximum absolute atomic E-state index is 5.25. The summed E-state index contributed by atoms with van der Waals surface area (Å²) in [6.07, 6.45) is 4.98. The molecule has 0 amide bonds. The first-order valence-electron chi connectivity index (χ1n) is 5.65. The number of rotatable bonds is 4. The van der Waals surface area contributed by atoms with Crippen molar-refractivity contribution >= 4 is 5.69 Å². The van der Waals surface area contributed by atoms with Gasteiger partial charge in [0, 0.05) is 5.69 Å². The van der Waals surface area contributed by atoms with Crippen LogP contribution in [0.2, 0.25) is 0 Å². The average Bonchev–Trinajstić information content (AvgIpc) is 3.10. The molecule has 0 spiro atoms. The quantitative estimate of drug-likeness (QED) is 0.761. The van der Waals surface area contributed by atoms with Gasteiger partial charge in [-0.2, -0.15) is 15.0 Å². The molecule has 0 radical (unpaired) electrons. The molecule has 5 nitrogen and oxygen atoms in total. The lowest BCUT2D eigenvalue weighted by Gasteiger charge is -2.05. The topological polar surface area (TPSA) is 55.9 Å². The Labute approximate surface area is 104 Å². The number of anilines is 1. The summed E-state index contributed by atoms with van der Waals surface area (Å²) in [5.74, 6) is 0.910. The zero-order valence-electron chi connectivity index (χ0n) is 9.65. The van der Waals surface area contributed by atoms with Crippen LogP contribution in [0.15, 0.2) is 59.5 Å². The van der Waals surface area contributed by atoms with Crippen LogP contribution in [-0.2, 0) is 6.54 Å². The van der Waals surface area contributed by atoms with E-state index in [9.17, 15) is 0 Å². The van der Waals surface area contributed by atoms with Crippen molar-refractivity contribution in [1.82, 2.24) is 15.0 Å². The number of nitrogens with one attached hydrogen (secondary N) is 1. The first kappa shape index (κ1) is 10.6. The number of aromatic nitrogens is 3. The van der Waals surface area contributed by atoms with Gasteiger partial charge < -0.3 is 9.73 Å². The Hall–Kier alpha value is -2.56. The predicted octanol–water partition coefficient (Wildman–Crippen LogP) is 2.47. The van der Waals surface area contributed by atoms with Crippen LogP contribution < -0.4 is 5.32 Å². The second-order valence-electron chi connectivity index (χ2n) is 3.80. The van der Waals surface area contributed by atoms with E-state index in [1.54, 1.807) is 23.5 Å². The van der Waals surface area contributed by atoms with Crippen LogP contribution in [0.1, 0.15) is 5.76 Å². The van der Waals surface area contributed by atoms with Crippen molar-refractivity contribution in [3.63, 3.8) is 0 Å². The van der Waals surface area contributed by atoms with Gasteiger partial charge in [0.25, 0.3) is 0 Å². The molecule has 3 rings (SSSR count). The summed E-state index contributed by atoms with van der Waals surface area (Å²) in [4.78, 5) is 1.58. The Kier molecular flexibility index (Phi) is 2.79. The fourth-order valence-corrected chi connectivity index (χ4v) is 1.66. The molecule has 18 heavy (non-hydrogen) atoms. The fourth-order valence-electron chi connectivity index (χ4n) is 1.66. The van der Waals surface area contributed by atoms with Crippen LogP contribution in [0.5, 0.6) is 0 Å². The van der Waals surface area contributed by atoms with Gasteiger partial charge in [0.1, 0.15) is 5.76 Å². The molecule has 0 unspecified atom stereocenters. The molecule has 3 aromatic rings.